The van der Waals surface area contributed by atoms with Gasteiger partial charge in [0.1, 0.15) is 5.69 Å². The zero-order valence-electron chi connectivity index (χ0n) is 12.3. The summed E-state index contributed by atoms with van der Waals surface area (Å²) in [7, 11) is 1.73. The molecule has 0 aliphatic heterocycles. The molecule has 0 fully saturated rings. The fourth-order valence-electron chi connectivity index (χ4n) is 2.28. The highest BCUT2D eigenvalue weighted by Crippen LogP contribution is 2.15. The SMILES string of the molecule is Cn1cccc(N=C(c2ccccc2)c2ccccc2)c1=O. The smallest absolute Gasteiger partial charge is 0.276 e. The Morgan fingerprint density at radius 2 is 1.36 bits per heavy atom. The third kappa shape index (κ3) is 2.88. The predicted molar refractivity (Wildman–Crippen MR) is 89.9 cm³/mol. The van der Waals surface area contributed by atoms with E-state index in [2.05, 4.69) is 4.99 Å². The zero-order valence-corrected chi connectivity index (χ0v) is 12.3. The fourth-order valence-corrected chi connectivity index (χ4v) is 2.28. The van der Waals surface area contributed by atoms with E-state index in [0.717, 1.165) is 16.8 Å². The molecule has 0 unspecified atom stereocenters. The molecule has 0 aliphatic rings. The summed E-state index contributed by atoms with van der Waals surface area (Å²) in [5, 5.41) is 0. The Labute approximate surface area is 129 Å². The molecular weight excluding hydrogens is 272 g/mol. The van der Waals surface area contributed by atoms with Gasteiger partial charge in [0.25, 0.3) is 5.56 Å². The number of aryl methyl sites for hydroxylation is 1. The van der Waals surface area contributed by atoms with Gasteiger partial charge in [-0.25, -0.2) is 4.99 Å². The van der Waals surface area contributed by atoms with Crippen molar-refractivity contribution in [2.45, 2.75) is 0 Å². The first kappa shape index (κ1) is 14.0. The molecule has 0 amide bonds. The van der Waals surface area contributed by atoms with E-state index in [1.165, 1.54) is 4.57 Å². The summed E-state index contributed by atoms with van der Waals surface area (Å²) in [4.78, 5) is 16.9. The molecular formula is C19H16N2O. The Bertz CT molecular complexity index is 808. The maximum absolute atomic E-state index is 12.2. The summed E-state index contributed by atoms with van der Waals surface area (Å²) in [6.45, 7) is 0. The molecule has 0 radical (unpaired) electrons. The van der Waals surface area contributed by atoms with Crippen LogP contribution in [0.15, 0.2) is 88.8 Å². The normalized spacial score (nSPS) is 10.2. The fraction of sp³-hybridized carbons (Fsp3) is 0.0526. The van der Waals surface area contributed by atoms with Crippen molar-refractivity contribution in [2.75, 3.05) is 0 Å². The second kappa shape index (κ2) is 6.22. The lowest BCUT2D eigenvalue weighted by Crippen LogP contribution is -2.15. The van der Waals surface area contributed by atoms with Gasteiger partial charge in [0.15, 0.2) is 0 Å². The molecule has 0 saturated heterocycles. The van der Waals surface area contributed by atoms with Gasteiger partial charge in [-0.3, -0.25) is 4.79 Å². The summed E-state index contributed by atoms with van der Waals surface area (Å²) >= 11 is 0. The number of hydrogen-bond acceptors (Lipinski definition) is 2. The maximum Gasteiger partial charge on any atom is 0.276 e. The first-order valence-corrected chi connectivity index (χ1v) is 7.11. The Morgan fingerprint density at radius 1 is 0.818 bits per heavy atom. The highest BCUT2D eigenvalue weighted by Gasteiger charge is 2.08. The highest BCUT2D eigenvalue weighted by molar-refractivity contribution is 6.13. The Hall–Kier alpha value is -2.94. The molecule has 0 atom stereocenters. The minimum absolute atomic E-state index is 0.105. The summed E-state index contributed by atoms with van der Waals surface area (Å²) in [5.41, 5.74) is 3.10. The van der Waals surface area contributed by atoms with Gasteiger partial charge >= 0.3 is 0 Å². The van der Waals surface area contributed by atoms with Gasteiger partial charge in [0, 0.05) is 24.4 Å². The van der Waals surface area contributed by atoms with Gasteiger partial charge in [-0.15, -0.1) is 0 Å². The van der Waals surface area contributed by atoms with Gasteiger partial charge in [0.05, 0.1) is 5.71 Å². The monoisotopic (exact) mass is 288 g/mol. The molecule has 1 heterocycles. The van der Waals surface area contributed by atoms with Crippen molar-refractivity contribution in [3.8, 4) is 0 Å². The van der Waals surface area contributed by atoms with Crippen molar-refractivity contribution in [3.63, 3.8) is 0 Å². The minimum atomic E-state index is -0.105. The number of aromatic nitrogens is 1. The third-order valence-electron chi connectivity index (χ3n) is 3.43. The van der Waals surface area contributed by atoms with Gasteiger partial charge in [-0.05, 0) is 12.1 Å². The maximum atomic E-state index is 12.2. The van der Waals surface area contributed by atoms with Crippen LogP contribution in [-0.4, -0.2) is 10.3 Å². The van der Waals surface area contributed by atoms with Crippen LogP contribution in [0, 0.1) is 0 Å². The van der Waals surface area contributed by atoms with E-state index in [9.17, 15) is 4.79 Å². The summed E-state index contributed by atoms with van der Waals surface area (Å²) in [5.74, 6) is 0. The average Bonchev–Trinajstić information content (AvgIpc) is 2.58. The molecule has 2 aromatic carbocycles. The number of hydrogen-bond donors (Lipinski definition) is 0. The van der Waals surface area contributed by atoms with Crippen LogP contribution < -0.4 is 5.56 Å². The van der Waals surface area contributed by atoms with E-state index < -0.39 is 0 Å². The first-order valence-electron chi connectivity index (χ1n) is 7.11. The number of rotatable bonds is 3. The highest BCUT2D eigenvalue weighted by atomic mass is 16.1. The molecule has 108 valence electrons. The molecule has 0 spiro atoms. The zero-order chi connectivity index (χ0) is 15.4. The van der Waals surface area contributed by atoms with E-state index in [-0.39, 0.29) is 5.56 Å². The molecule has 3 nitrogen and oxygen atoms in total. The molecule has 0 aliphatic carbocycles. The second-order valence-electron chi connectivity index (χ2n) is 5.00. The summed E-state index contributed by atoms with van der Waals surface area (Å²) in [6, 6.07) is 23.4. The summed E-state index contributed by atoms with van der Waals surface area (Å²) in [6.07, 6.45) is 1.73. The van der Waals surface area contributed by atoms with Crippen molar-refractivity contribution in [1.82, 2.24) is 4.57 Å². The molecule has 0 saturated carbocycles. The summed E-state index contributed by atoms with van der Waals surface area (Å²) < 4.78 is 1.53. The number of benzene rings is 2. The van der Waals surface area contributed by atoms with Gasteiger partial charge in [0.2, 0.25) is 0 Å². The molecule has 3 heteroatoms. The van der Waals surface area contributed by atoms with Crippen molar-refractivity contribution < 1.29 is 0 Å². The topological polar surface area (TPSA) is 34.4 Å². The lowest BCUT2D eigenvalue weighted by atomic mass is 10.0. The number of nitrogens with zero attached hydrogens (tertiary/aromatic N) is 2. The molecule has 22 heavy (non-hydrogen) atoms. The van der Waals surface area contributed by atoms with Crippen LogP contribution in [0.1, 0.15) is 11.1 Å². The Balaban J connectivity index is 2.20. The quantitative estimate of drug-likeness (QED) is 0.679. The standard InChI is InChI=1S/C19H16N2O/c1-21-14-8-13-17(19(21)22)20-18(15-9-4-2-5-10-15)16-11-6-3-7-12-16/h2-14H,1H3. The lowest BCUT2D eigenvalue weighted by molar-refractivity contribution is 0.860. The first-order chi connectivity index (χ1) is 10.8. The van der Waals surface area contributed by atoms with E-state index in [0.29, 0.717) is 5.69 Å². The number of aliphatic imine (C=N–C) groups is 1. The van der Waals surface area contributed by atoms with Crippen LogP contribution in [0.2, 0.25) is 0 Å². The van der Waals surface area contributed by atoms with Crippen LogP contribution in [0.3, 0.4) is 0 Å². The molecule has 0 bridgehead atoms. The second-order valence-corrected chi connectivity index (χ2v) is 5.00. The van der Waals surface area contributed by atoms with E-state index in [1.807, 2.05) is 66.7 Å². The van der Waals surface area contributed by atoms with Gasteiger partial charge in [-0.1, -0.05) is 60.7 Å². The average molecular weight is 288 g/mol. The Kier molecular flexibility index (Phi) is 3.97. The Morgan fingerprint density at radius 3 is 1.91 bits per heavy atom. The van der Waals surface area contributed by atoms with Crippen LogP contribution in [-0.2, 0) is 7.05 Å². The third-order valence-corrected chi connectivity index (χ3v) is 3.43. The van der Waals surface area contributed by atoms with Crippen molar-refractivity contribution >= 4 is 11.4 Å². The van der Waals surface area contributed by atoms with E-state index in [1.54, 1.807) is 19.3 Å². The van der Waals surface area contributed by atoms with Gasteiger partial charge < -0.3 is 4.57 Å². The van der Waals surface area contributed by atoms with Crippen LogP contribution in [0.5, 0.6) is 0 Å². The number of pyridine rings is 1. The van der Waals surface area contributed by atoms with Crippen molar-refractivity contribution in [1.29, 1.82) is 0 Å². The van der Waals surface area contributed by atoms with Gasteiger partial charge in [-0.2, -0.15) is 0 Å². The van der Waals surface area contributed by atoms with E-state index >= 15 is 0 Å². The van der Waals surface area contributed by atoms with Crippen LogP contribution >= 0.6 is 0 Å². The molecule has 3 rings (SSSR count). The largest absolute Gasteiger partial charge is 0.317 e. The van der Waals surface area contributed by atoms with Crippen molar-refractivity contribution in [3.05, 3.63) is 100 Å². The molecule has 1 aromatic heterocycles. The molecule has 3 aromatic rings. The van der Waals surface area contributed by atoms with Crippen molar-refractivity contribution in [2.24, 2.45) is 12.0 Å². The van der Waals surface area contributed by atoms with E-state index in [4.69, 9.17) is 0 Å². The lowest BCUT2D eigenvalue weighted by Gasteiger charge is -2.08. The minimum Gasteiger partial charge on any atom is -0.317 e. The van der Waals surface area contributed by atoms with Crippen LogP contribution in [0.4, 0.5) is 5.69 Å². The molecule has 0 N–H and O–H groups in total. The predicted octanol–water partition coefficient (Wildman–Crippen LogP) is 3.55. The van der Waals surface area contributed by atoms with Crippen LogP contribution in [0.25, 0.3) is 0 Å².